The topological polar surface area (TPSA) is 161 Å². The van der Waals surface area contributed by atoms with E-state index in [-0.39, 0.29) is 21.2 Å². The Balaban J connectivity index is 2.14. The predicted octanol–water partition coefficient (Wildman–Crippen LogP) is 2.85. The van der Waals surface area contributed by atoms with Crippen molar-refractivity contribution in [1.82, 2.24) is 0 Å². The van der Waals surface area contributed by atoms with Crippen LogP contribution in [0.5, 0.6) is 0 Å². The van der Waals surface area contributed by atoms with Crippen molar-refractivity contribution in [3.8, 4) is 0 Å². The molecular formula is C22H22N4O6S2. The molecular weight excluding hydrogens is 480 g/mol. The fourth-order valence-electron chi connectivity index (χ4n) is 3.15. The molecule has 0 aliphatic carbocycles. The number of nitrogens with zero attached hydrogens (tertiary/aromatic N) is 2. The Hall–Kier alpha value is -3.90. The van der Waals surface area contributed by atoms with E-state index in [0.717, 1.165) is 17.2 Å². The molecule has 0 atom stereocenters. The van der Waals surface area contributed by atoms with Gasteiger partial charge in [-0.25, -0.2) is 26.4 Å². The van der Waals surface area contributed by atoms with Crippen LogP contribution >= 0.6 is 0 Å². The number of primary amides is 2. The minimum Gasteiger partial charge on any atom is -0.350 e. The zero-order chi connectivity index (χ0) is 25.3. The maximum Gasteiger partial charge on any atom is 0.333 e. The second-order valence-corrected chi connectivity index (χ2v) is 10.9. The molecule has 0 radical (unpaired) electrons. The van der Waals surface area contributed by atoms with E-state index >= 15 is 0 Å². The van der Waals surface area contributed by atoms with E-state index in [9.17, 15) is 26.4 Å². The number of anilines is 2. The fraction of sp³-hybridized carbons (Fsp3) is 0.0909. The number of amides is 4. The summed E-state index contributed by atoms with van der Waals surface area (Å²) in [6.07, 6.45) is 0. The number of rotatable bonds is 6. The molecule has 4 amide bonds. The monoisotopic (exact) mass is 502 g/mol. The van der Waals surface area contributed by atoms with E-state index in [1.54, 1.807) is 38.1 Å². The normalized spacial score (nSPS) is 11.6. The van der Waals surface area contributed by atoms with Gasteiger partial charge in [0.2, 0.25) is 0 Å². The summed E-state index contributed by atoms with van der Waals surface area (Å²) in [5, 5.41) is 0. The smallest absolute Gasteiger partial charge is 0.333 e. The lowest BCUT2D eigenvalue weighted by Gasteiger charge is -2.24. The highest BCUT2D eigenvalue weighted by Crippen LogP contribution is 2.30. The van der Waals surface area contributed by atoms with Crippen LogP contribution in [0.4, 0.5) is 21.0 Å². The molecule has 178 valence electrons. The highest BCUT2D eigenvalue weighted by atomic mass is 32.2. The standard InChI is InChI=1S/C22H22N4O6S2/c1-15-6-10-19(11-7-15)33(29,30)25(21(23)27)17-4-3-5-18(14-17)26(22(24)28)34(31,32)20-12-8-16(2)9-13-20/h3-14H,1-2H3,(H2,23,27)(H2,24,28). The molecule has 0 spiro atoms. The second kappa shape index (κ2) is 9.15. The first-order valence-corrected chi connectivity index (χ1v) is 12.7. The molecule has 0 heterocycles. The van der Waals surface area contributed by atoms with Crippen LogP contribution in [0, 0.1) is 13.8 Å². The molecule has 0 fully saturated rings. The van der Waals surface area contributed by atoms with Gasteiger partial charge in [-0.3, -0.25) is 0 Å². The quantitative estimate of drug-likeness (QED) is 0.527. The Morgan fingerprint density at radius 2 is 0.941 bits per heavy atom. The molecule has 0 bridgehead atoms. The third kappa shape index (κ3) is 4.72. The highest BCUT2D eigenvalue weighted by molar-refractivity contribution is 7.94. The van der Waals surface area contributed by atoms with Gasteiger partial charge in [0.25, 0.3) is 20.0 Å². The first kappa shape index (κ1) is 24.7. The highest BCUT2D eigenvalue weighted by Gasteiger charge is 2.33. The third-order valence-corrected chi connectivity index (χ3v) is 8.30. The summed E-state index contributed by atoms with van der Waals surface area (Å²) in [6, 6.07) is 13.5. The largest absolute Gasteiger partial charge is 0.350 e. The number of sulfonamides is 2. The third-order valence-electron chi connectivity index (χ3n) is 4.82. The van der Waals surface area contributed by atoms with Crippen LogP contribution in [-0.2, 0) is 20.0 Å². The molecule has 3 rings (SSSR count). The van der Waals surface area contributed by atoms with Crippen LogP contribution in [0.3, 0.4) is 0 Å². The van der Waals surface area contributed by atoms with Gasteiger partial charge >= 0.3 is 12.1 Å². The molecule has 0 saturated heterocycles. The molecule has 0 aromatic heterocycles. The van der Waals surface area contributed by atoms with Crippen molar-refractivity contribution < 1.29 is 26.4 Å². The van der Waals surface area contributed by atoms with Crippen molar-refractivity contribution >= 4 is 43.5 Å². The number of urea groups is 2. The lowest BCUT2D eigenvalue weighted by atomic mass is 10.2. The molecule has 12 heteroatoms. The van der Waals surface area contributed by atoms with E-state index < -0.39 is 32.1 Å². The average Bonchev–Trinajstić information content (AvgIpc) is 2.74. The number of benzene rings is 3. The van der Waals surface area contributed by atoms with Gasteiger partial charge in [-0.05, 0) is 56.3 Å². The van der Waals surface area contributed by atoms with Gasteiger partial charge < -0.3 is 11.5 Å². The lowest BCUT2D eigenvalue weighted by molar-refractivity contribution is 0.256. The van der Waals surface area contributed by atoms with E-state index in [2.05, 4.69) is 0 Å². The number of aryl methyl sites for hydroxylation is 2. The Labute approximate surface area is 197 Å². The van der Waals surface area contributed by atoms with Gasteiger partial charge in [-0.1, -0.05) is 41.5 Å². The van der Waals surface area contributed by atoms with Gasteiger partial charge in [0, 0.05) is 0 Å². The first-order valence-electron chi connectivity index (χ1n) is 9.78. The molecule has 0 saturated carbocycles. The Kier molecular flexibility index (Phi) is 6.66. The summed E-state index contributed by atoms with van der Waals surface area (Å²) < 4.78 is 53.2. The zero-order valence-corrected chi connectivity index (χ0v) is 19.9. The Morgan fingerprint density at radius 1 is 0.618 bits per heavy atom. The van der Waals surface area contributed by atoms with Crippen LogP contribution in [0.2, 0.25) is 0 Å². The van der Waals surface area contributed by atoms with E-state index in [0.29, 0.717) is 8.61 Å². The molecule has 4 N–H and O–H groups in total. The van der Waals surface area contributed by atoms with Gasteiger partial charge in [-0.15, -0.1) is 0 Å². The van der Waals surface area contributed by atoms with E-state index in [1.165, 1.54) is 42.5 Å². The van der Waals surface area contributed by atoms with Crippen molar-refractivity contribution in [2.45, 2.75) is 23.6 Å². The van der Waals surface area contributed by atoms with Crippen molar-refractivity contribution in [3.05, 3.63) is 83.9 Å². The molecule has 0 aliphatic heterocycles. The minimum absolute atomic E-state index is 0.207. The van der Waals surface area contributed by atoms with Crippen LogP contribution in [0.1, 0.15) is 11.1 Å². The summed E-state index contributed by atoms with van der Waals surface area (Å²) in [5.74, 6) is 0. The predicted molar refractivity (Wildman–Crippen MR) is 127 cm³/mol. The van der Waals surface area contributed by atoms with Crippen molar-refractivity contribution in [2.24, 2.45) is 11.5 Å². The maximum absolute atomic E-state index is 13.2. The fourth-order valence-corrected chi connectivity index (χ4v) is 5.78. The van der Waals surface area contributed by atoms with E-state index in [4.69, 9.17) is 11.5 Å². The number of hydrogen-bond acceptors (Lipinski definition) is 6. The minimum atomic E-state index is -4.45. The molecule has 0 aliphatic rings. The van der Waals surface area contributed by atoms with Crippen LogP contribution in [0.15, 0.2) is 82.6 Å². The summed E-state index contributed by atoms with van der Waals surface area (Å²) in [7, 11) is -8.90. The Morgan fingerprint density at radius 3 is 1.24 bits per heavy atom. The molecule has 0 unspecified atom stereocenters. The second-order valence-electron chi connectivity index (χ2n) is 7.36. The van der Waals surface area contributed by atoms with Crippen LogP contribution in [0.25, 0.3) is 0 Å². The summed E-state index contributed by atoms with van der Waals surface area (Å²) in [6.45, 7) is 3.53. The van der Waals surface area contributed by atoms with Gasteiger partial charge in [0.15, 0.2) is 0 Å². The number of nitrogens with two attached hydrogens (primary N) is 2. The van der Waals surface area contributed by atoms with Crippen molar-refractivity contribution in [3.63, 3.8) is 0 Å². The van der Waals surface area contributed by atoms with Crippen molar-refractivity contribution in [2.75, 3.05) is 8.61 Å². The Bertz CT molecular complexity index is 1340. The molecule has 34 heavy (non-hydrogen) atoms. The van der Waals surface area contributed by atoms with Gasteiger partial charge in [0.1, 0.15) is 0 Å². The number of hydrogen-bond donors (Lipinski definition) is 2. The average molecular weight is 503 g/mol. The molecule has 10 nitrogen and oxygen atoms in total. The summed E-state index contributed by atoms with van der Waals surface area (Å²) in [4.78, 5) is 24.0. The number of carbonyl (C=O) groups excluding carboxylic acids is 2. The van der Waals surface area contributed by atoms with E-state index in [1.807, 2.05) is 0 Å². The molecule has 3 aromatic rings. The van der Waals surface area contributed by atoms with Gasteiger partial charge in [0.05, 0.1) is 21.2 Å². The molecule has 3 aromatic carbocycles. The van der Waals surface area contributed by atoms with Crippen LogP contribution in [-0.4, -0.2) is 28.9 Å². The SMILES string of the molecule is Cc1ccc(S(=O)(=O)N(C(N)=O)c2cccc(N(C(N)=O)S(=O)(=O)c3ccc(C)cc3)c2)cc1. The van der Waals surface area contributed by atoms with Crippen molar-refractivity contribution in [1.29, 1.82) is 0 Å². The summed E-state index contributed by atoms with van der Waals surface area (Å²) in [5.41, 5.74) is 11.8. The zero-order valence-electron chi connectivity index (χ0n) is 18.2. The van der Waals surface area contributed by atoms with Gasteiger partial charge in [-0.2, -0.15) is 8.61 Å². The summed E-state index contributed by atoms with van der Waals surface area (Å²) >= 11 is 0. The maximum atomic E-state index is 13.2. The first-order chi connectivity index (χ1) is 15.9. The lowest BCUT2D eigenvalue weighted by Crippen LogP contribution is -2.42. The van der Waals surface area contributed by atoms with Crippen LogP contribution < -0.4 is 20.1 Å². The number of carbonyl (C=O) groups is 2.